The second kappa shape index (κ2) is 10.4. The fraction of sp³-hybridized carbons (Fsp3) is 0.684. The Morgan fingerprint density at radius 1 is 0.710 bits per heavy atom. The summed E-state index contributed by atoms with van der Waals surface area (Å²) < 4.78 is 26.9. The fourth-order valence-electron chi connectivity index (χ4n) is 3.44. The molecule has 12 heteroatoms. The summed E-state index contributed by atoms with van der Waals surface area (Å²) in [4.78, 5) is 0. The molecule has 0 spiro atoms. The molecule has 7 N–H and O–H groups in total. The minimum absolute atomic E-state index is 0.307. The first-order valence-electron chi connectivity index (χ1n) is 9.69. The van der Waals surface area contributed by atoms with Crippen LogP contribution in [0.25, 0.3) is 0 Å². The average Bonchev–Trinajstić information content (AvgIpc) is 2.79. The van der Waals surface area contributed by atoms with Crippen LogP contribution in [0.2, 0.25) is 0 Å². The van der Waals surface area contributed by atoms with Crippen LogP contribution in [-0.2, 0) is 14.2 Å². The molecule has 31 heavy (non-hydrogen) atoms. The summed E-state index contributed by atoms with van der Waals surface area (Å²) in [6.07, 6.45) is -15.0. The van der Waals surface area contributed by atoms with Crippen molar-refractivity contribution in [1.29, 1.82) is 0 Å². The quantitative estimate of drug-likeness (QED) is 0.220. The van der Waals surface area contributed by atoms with Crippen LogP contribution >= 0.6 is 0 Å². The first-order valence-corrected chi connectivity index (χ1v) is 9.69. The SMILES string of the molecule is COc1ccc(O[C@@H]2O[C@H](CO)[C@H](O[C@@H]3O[C@H](CO)[C@@H](O)[C@H](O)[C@H]3O)[C@H](O)[C@H]2O)cc1. The minimum Gasteiger partial charge on any atom is -0.497 e. The van der Waals surface area contributed by atoms with Gasteiger partial charge in [-0.05, 0) is 24.3 Å². The van der Waals surface area contributed by atoms with Crippen molar-refractivity contribution in [2.24, 2.45) is 0 Å². The van der Waals surface area contributed by atoms with Crippen LogP contribution < -0.4 is 9.47 Å². The highest BCUT2D eigenvalue weighted by Gasteiger charge is 2.51. The van der Waals surface area contributed by atoms with Crippen molar-refractivity contribution in [2.75, 3.05) is 20.3 Å². The molecule has 2 aliphatic rings. The van der Waals surface area contributed by atoms with Gasteiger partial charge in [0.25, 0.3) is 0 Å². The van der Waals surface area contributed by atoms with Gasteiger partial charge in [0.2, 0.25) is 6.29 Å². The lowest BCUT2D eigenvalue weighted by Gasteiger charge is -2.45. The third-order valence-corrected chi connectivity index (χ3v) is 5.27. The molecule has 1 aromatic carbocycles. The summed E-state index contributed by atoms with van der Waals surface area (Å²) in [5.41, 5.74) is 0. The Labute approximate surface area is 177 Å². The third-order valence-electron chi connectivity index (χ3n) is 5.27. The van der Waals surface area contributed by atoms with Gasteiger partial charge in [-0.1, -0.05) is 0 Å². The Hall–Kier alpha value is -1.58. The first-order chi connectivity index (χ1) is 14.8. The van der Waals surface area contributed by atoms with Crippen LogP contribution in [0.15, 0.2) is 24.3 Å². The molecule has 10 atom stereocenters. The van der Waals surface area contributed by atoms with Gasteiger partial charge in [0.15, 0.2) is 6.29 Å². The van der Waals surface area contributed by atoms with Gasteiger partial charge in [-0.15, -0.1) is 0 Å². The molecule has 176 valence electrons. The molecule has 0 radical (unpaired) electrons. The minimum atomic E-state index is -1.73. The van der Waals surface area contributed by atoms with Gasteiger partial charge in [0.1, 0.15) is 60.3 Å². The van der Waals surface area contributed by atoms with Crippen molar-refractivity contribution in [3.05, 3.63) is 24.3 Å². The second-order valence-electron chi connectivity index (χ2n) is 7.30. The maximum Gasteiger partial charge on any atom is 0.229 e. The summed E-state index contributed by atoms with van der Waals surface area (Å²) in [6.45, 7) is -1.31. The molecule has 2 aliphatic heterocycles. The van der Waals surface area contributed by atoms with E-state index >= 15 is 0 Å². The topological polar surface area (TPSA) is 188 Å². The van der Waals surface area contributed by atoms with Gasteiger partial charge in [0, 0.05) is 0 Å². The summed E-state index contributed by atoms with van der Waals surface area (Å²) in [5, 5.41) is 69.9. The predicted octanol–water partition coefficient (Wildman–Crippen LogP) is -3.30. The lowest BCUT2D eigenvalue weighted by Crippen LogP contribution is -2.65. The largest absolute Gasteiger partial charge is 0.497 e. The summed E-state index contributed by atoms with van der Waals surface area (Å²) in [5.74, 6) is 0.890. The Morgan fingerprint density at radius 2 is 1.26 bits per heavy atom. The molecule has 3 rings (SSSR count). The molecule has 2 fully saturated rings. The van der Waals surface area contributed by atoms with E-state index in [0.29, 0.717) is 11.5 Å². The van der Waals surface area contributed by atoms with Crippen molar-refractivity contribution >= 4 is 0 Å². The number of hydrogen-bond donors (Lipinski definition) is 7. The molecule has 0 saturated carbocycles. The first kappa shape index (κ1) is 24.1. The molecule has 0 aromatic heterocycles. The monoisotopic (exact) mass is 448 g/mol. The van der Waals surface area contributed by atoms with E-state index in [1.165, 1.54) is 7.11 Å². The van der Waals surface area contributed by atoms with Crippen LogP contribution in [0, 0.1) is 0 Å². The van der Waals surface area contributed by atoms with Gasteiger partial charge < -0.3 is 59.4 Å². The van der Waals surface area contributed by atoms with E-state index in [1.54, 1.807) is 24.3 Å². The van der Waals surface area contributed by atoms with Crippen LogP contribution in [-0.4, -0.2) is 117 Å². The summed E-state index contributed by atoms with van der Waals surface area (Å²) in [7, 11) is 1.50. The number of hydrogen-bond acceptors (Lipinski definition) is 12. The normalized spacial score (nSPS) is 41.0. The number of aliphatic hydroxyl groups is 7. The van der Waals surface area contributed by atoms with Crippen LogP contribution in [0.5, 0.6) is 11.5 Å². The lowest BCUT2D eigenvalue weighted by molar-refractivity contribution is -0.352. The van der Waals surface area contributed by atoms with Crippen LogP contribution in [0.4, 0.5) is 0 Å². The molecule has 2 heterocycles. The van der Waals surface area contributed by atoms with Gasteiger partial charge in [0.05, 0.1) is 20.3 Å². The molecule has 0 amide bonds. The van der Waals surface area contributed by atoms with E-state index in [4.69, 9.17) is 23.7 Å². The standard InChI is InChI=1S/C19H28O12/c1-27-8-2-4-9(5-3-8)28-18-16(26)14(24)17(11(7-21)30-18)31-19-15(25)13(23)12(22)10(6-20)29-19/h2-5,10-26H,6-7H2,1H3/t10-,11-,12-,13+,14-,15-,16-,17+,18-,19+/m1/s1. The maximum atomic E-state index is 10.6. The van der Waals surface area contributed by atoms with Crippen molar-refractivity contribution in [3.8, 4) is 11.5 Å². The van der Waals surface area contributed by atoms with Gasteiger partial charge in [-0.25, -0.2) is 0 Å². The number of aliphatic hydroxyl groups excluding tert-OH is 7. The van der Waals surface area contributed by atoms with Gasteiger partial charge >= 0.3 is 0 Å². The highest BCUT2D eigenvalue weighted by atomic mass is 16.7. The molecule has 12 nitrogen and oxygen atoms in total. The van der Waals surface area contributed by atoms with E-state index in [-0.39, 0.29) is 0 Å². The zero-order valence-corrected chi connectivity index (χ0v) is 16.7. The summed E-state index contributed by atoms with van der Waals surface area (Å²) >= 11 is 0. The Morgan fingerprint density at radius 3 is 1.84 bits per heavy atom. The molecular weight excluding hydrogens is 420 g/mol. The van der Waals surface area contributed by atoms with Crippen molar-refractivity contribution in [3.63, 3.8) is 0 Å². The van der Waals surface area contributed by atoms with E-state index < -0.39 is 74.6 Å². The van der Waals surface area contributed by atoms with Gasteiger partial charge in [-0.3, -0.25) is 0 Å². The van der Waals surface area contributed by atoms with Gasteiger partial charge in [-0.2, -0.15) is 0 Å². The number of benzene rings is 1. The molecule has 0 aliphatic carbocycles. The highest BCUT2D eigenvalue weighted by Crippen LogP contribution is 2.30. The number of rotatable bonds is 7. The van der Waals surface area contributed by atoms with E-state index in [0.717, 1.165) is 0 Å². The molecule has 0 unspecified atom stereocenters. The smallest absolute Gasteiger partial charge is 0.229 e. The van der Waals surface area contributed by atoms with E-state index in [1.807, 2.05) is 0 Å². The summed E-state index contributed by atoms with van der Waals surface area (Å²) in [6, 6.07) is 6.36. The van der Waals surface area contributed by atoms with Crippen LogP contribution in [0.3, 0.4) is 0 Å². The lowest BCUT2D eigenvalue weighted by atomic mass is 9.97. The molecule has 0 bridgehead atoms. The van der Waals surface area contributed by atoms with E-state index in [9.17, 15) is 35.7 Å². The third kappa shape index (κ3) is 5.09. The number of ether oxygens (including phenoxy) is 5. The highest BCUT2D eigenvalue weighted by molar-refractivity contribution is 5.31. The fourth-order valence-corrected chi connectivity index (χ4v) is 3.44. The van der Waals surface area contributed by atoms with Crippen molar-refractivity contribution in [2.45, 2.75) is 61.4 Å². The van der Waals surface area contributed by atoms with Crippen LogP contribution in [0.1, 0.15) is 0 Å². The molecular formula is C19H28O12. The van der Waals surface area contributed by atoms with E-state index in [2.05, 4.69) is 0 Å². The Balaban J connectivity index is 1.70. The number of methoxy groups -OCH3 is 1. The second-order valence-corrected chi connectivity index (χ2v) is 7.30. The average molecular weight is 448 g/mol. The Kier molecular flexibility index (Phi) is 8.04. The maximum absolute atomic E-state index is 10.6. The zero-order chi connectivity index (χ0) is 22.7. The molecule has 2 saturated heterocycles. The molecule has 1 aromatic rings. The predicted molar refractivity (Wildman–Crippen MR) is 100 cm³/mol. The van der Waals surface area contributed by atoms with Crippen molar-refractivity contribution in [1.82, 2.24) is 0 Å². The van der Waals surface area contributed by atoms with Crippen molar-refractivity contribution < 1.29 is 59.4 Å². The zero-order valence-electron chi connectivity index (χ0n) is 16.7. The Bertz CT molecular complexity index is 683.